The molecule has 0 heterocycles. The van der Waals surface area contributed by atoms with Gasteiger partial charge in [0.25, 0.3) is 0 Å². The molecule has 0 atom stereocenters. The van der Waals surface area contributed by atoms with Crippen LogP contribution in [0, 0.1) is 0 Å². The maximum atomic E-state index is 12.1. The van der Waals surface area contributed by atoms with E-state index in [0.29, 0.717) is 12.1 Å². The Bertz CT molecular complexity index is 484. The molecule has 0 bridgehead atoms. The highest BCUT2D eigenvalue weighted by atomic mass is 19.4. The molecule has 0 spiro atoms. The lowest BCUT2D eigenvalue weighted by Gasteiger charge is -2.10. The molecule has 4 nitrogen and oxygen atoms in total. The molecular formula is C12H12F3NO3. The number of nitrogens with one attached hydrogen (secondary N) is 1. The zero-order valence-electron chi connectivity index (χ0n) is 9.99. The molecule has 0 aliphatic rings. The number of carbonyl (C=O) groups is 1. The first-order valence-corrected chi connectivity index (χ1v) is 5.27. The number of ether oxygens (including phenoxy) is 1. The van der Waals surface area contributed by atoms with E-state index in [1.807, 2.05) is 0 Å². The number of hydrogen-bond acceptors (Lipinski definition) is 3. The van der Waals surface area contributed by atoms with Crippen molar-refractivity contribution in [1.82, 2.24) is 5.32 Å². The third-order valence-corrected chi connectivity index (χ3v) is 2.04. The van der Waals surface area contributed by atoms with Crippen LogP contribution < -0.4 is 10.1 Å². The van der Waals surface area contributed by atoms with Crippen molar-refractivity contribution in [2.75, 3.05) is 13.6 Å². The van der Waals surface area contributed by atoms with Gasteiger partial charge in [0, 0.05) is 6.54 Å². The number of alkyl halides is 3. The van der Waals surface area contributed by atoms with Gasteiger partial charge in [0.2, 0.25) is 0 Å². The maximum absolute atomic E-state index is 12.1. The average Bonchev–Trinajstić information content (AvgIpc) is 2.26. The van der Waals surface area contributed by atoms with Gasteiger partial charge in [-0.1, -0.05) is 12.2 Å². The Morgan fingerprint density at radius 2 is 2.11 bits per heavy atom. The standard InChI is InChI=1S/C12H12F3NO3/c1-16-4-2-3-8-5-9(11(17)18)7-10(6-8)19-12(13,14)15/h2-3,5-7,16H,4H2,1H3,(H,17,18). The minimum atomic E-state index is -4.86. The molecule has 0 saturated heterocycles. The van der Waals surface area contributed by atoms with Gasteiger partial charge in [-0.15, -0.1) is 13.2 Å². The summed E-state index contributed by atoms with van der Waals surface area (Å²) in [4.78, 5) is 10.8. The molecule has 1 aromatic carbocycles. The monoisotopic (exact) mass is 275 g/mol. The first-order valence-electron chi connectivity index (χ1n) is 5.27. The average molecular weight is 275 g/mol. The summed E-state index contributed by atoms with van der Waals surface area (Å²) >= 11 is 0. The van der Waals surface area contributed by atoms with E-state index in [9.17, 15) is 18.0 Å². The summed E-state index contributed by atoms with van der Waals surface area (Å²) in [6.45, 7) is 0.507. The lowest BCUT2D eigenvalue weighted by molar-refractivity contribution is -0.274. The van der Waals surface area contributed by atoms with Crippen molar-refractivity contribution >= 4 is 12.0 Å². The van der Waals surface area contributed by atoms with Crippen molar-refractivity contribution in [1.29, 1.82) is 0 Å². The summed E-state index contributed by atoms with van der Waals surface area (Å²) in [6.07, 6.45) is -1.70. The van der Waals surface area contributed by atoms with Crippen molar-refractivity contribution in [2.45, 2.75) is 6.36 Å². The highest BCUT2D eigenvalue weighted by Crippen LogP contribution is 2.25. The van der Waals surface area contributed by atoms with Gasteiger partial charge in [-0.25, -0.2) is 4.79 Å². The third kappa shape index (κ3) is 5.43. The van der Waals surface area contributed by atoms with Gasteiger partial charge >= 0.3 is 12.3 Å². The van der Waals surface area contributed by atoms with Crippen molar-refractivity contribution in [2.24, 2.45) is 0 Å². The second-order valence-electron chi connectivity index (χ2n) is 3.60. The third-order valence-electron chi connectivity index (χ3n) is 2.04. The number of benzene rings is 1. The second kappa shape index (κ2) is 6.24. The number of aromatic carboxylic acids is 1. The number of hydrogen-bond donors (Lipinski definition) is 2. The summed E-state index contributed by atoms with van der Waals surface area (Å²) < 4.78 is 40.1. The smallest absolute Gasteiger partial charge is 0.478 e. The molecule has 1 aromatic rings. The van der Waals surface area contributed by atoms with E-state index in [0.717, 1.165) is 12.1 Å². The van der Waals surface area contributed by atoms with E-state index in [-0.39, 0.29) is 5.56 Å². The van der Waals surface area contributed by atoms with Crippen molar-refractivity contribution in [3.05, 3.63) is 35.4 Å². The van der Waals surface area contributed by atoms with Crippen LogP contribution in [0.2, 0.25) is 0 Å². The Kier molecular flexibility index (Phi) is 4.94. The lowest BCUT2D eigenvalue weighted by Crippen LogP contribution is -2.17. The molecule has 0 saturated carbocycles. The van der Waals surface area contributed by atoms with Crippen LogP contribution >= 0.6 is 0 Å². The van der Waals surface area contributed by atoms with Gasteiger partial charge < -0.3 is 15.2 Å². The highest BCUT2D eigenvalue weighted by Gasteiger charge is 2.31. The van der Waals surface area contributed by atoms with Crippen molar-refractivity contribution in [3.8, 4) is 5.75 Å². The van der Waals surface area contributed by atoms with Crippen molar-refractivity contribution in [3.63, 3.8) is 0 Å². The molecule has 0 fully saturated rings. The van der Waals surface area contributed by atoms with Crippen LogP contribution in [0.1, 0.15) is 15.9 Å². The molecule has 0 unspecified atom stereocenters. The molecule has 0 aromatic heterocycles. The van der Waals surface area contributed by atoms with Gasteiger partial charge in [0.05, 0.1) is 5.56 Å². The topological polar surface area (TPSA) is 58.6 Å². The molecule has 0 aliphatic carbocycles. The van der Waals surface area contributed by atoms with Gasteiger partial charge in [0.1, 0.15) is 5.75 Å². The van der Waals surface area contributed by atoms with Crippen LogP contribution in [0.15, 0.2) is 24.3 Å². The summed E-state index contributed by atoms with van der Waals surface area (Å²) in [5.41, 5.74) is 0.0419. The molecule has 0 amide bonds. The molecule has 104 valence electrons. The minimum absolute atomic E-state index is 0.272. The fourth-order valence-corrected chi connectivity index (χ4v) is 1.35. The first kappa shape index (κ1) is 15.0. The van der Waals surface area contributed by atoms with E-state index < -0.39 is 18.1 Å². The van der Waals surface area contributed by atoms with E-state index in [1.165, 1.54) is 12.1 Å². The van der Waals surface area contributed by atoms with Crippen LogP contribution in [0.4, 0.5) is 13.2 Å². The second-order valence-corrected chi connectivity index (χ2v) is 3.60. The summed E-state index contributed by atoms with van der Waals surface area (Å²) in [5.74, 6) is -1.88. The number of rotatable bonds is 5. The van der Waals surface area contributed by atoms with Crippen LogP contribution in [-0.4, -0.2) is 31.0 Å². The van der Waals surface area contributed by atoms with Gasteiger partial charge in [-0.05, 0) is 30.8 Å². The lowest BCUT2D eigenvalue weighted by atomic mass is 10.1. The largest absolute Gasteiger partial charge is 0.573 e. The van der Waals surface area contributed by atoms with Crippen molar-refractivity contribution < 1.29 is 27.8 Å². The van der Waals surface area contributed by atoms with Crippen LogP contribution in [0.5, 0.6) is 5.75 Å². The SMILES string of the molecule is CNCC=Cc1cc(OC(F)(F)F)cc(C(=O)O)c1. The van der Waals surface area contributed by atoms with E-state index in [1.54, 1.807) is 13.1 Å². The zero-order chi connectivity index (χ0) is 14.5. The Morgan fingerprint density at radius 1 is 1.42 bits per heavy atom. The quantitative estimate of drug-likeness (QED) is 0.867. The van der Waals surface area contributed by atoms with Crippen LogP contribution in [0.3, 0.4) is 0 Å². The first-order chi connectivity index (χ1) is 8.81. The van der Waals surface area contributed by atoms with E-state index in [4.69, 9.17) is 5.11 Å². The normalized spacial score (nSPS) is 11.8. The van der Waals surface area contributed by atoms with Gasteiger partial charge in [-0.2, -0.15) is 0 Å². The predicted octanol–water partition coefficient (Wildman–Crippen LogP) is 2.52. The van der Waals surface area contributed by atoms with E-state index in [2.05, 4.69) is 10.1 Å². The predicted molar refractivity (Wildman–Crippen MR) is 63.0 cm³/mol. The number of likely N-dealkylation sites (N-methyl/N-ethyl adjacent to an activating group) is 1. The van der Waals surface area contributed by atoms with Gasteiger partial charge in [-0.3, -0.25) is 0 Å². The molecule has 7 heteroatoms. The molecular weight excluding hydrogens is 263 g/mol. The number of carboxylic acids is 1. The van der Waals surface area contributed by atoms with E-state index >= 15 is 0 Å². The Hall–Kier alpha value is -2.02. The molecule has 0 aliphatic heterocycles. The van der Waals surface area contributed by atoms with Crippen LogP contribution in [0.25, 0.3) is 6.08 Å². The Morgan fingerprint density at radius 3 is 2.63 bits per heavy atom. The van der Waals surface area contributed by atoms with Gasteiger partial charge in [0.15, 0.2) is 0 Å². The molecule has 0 radical (unpaired) electrons. The Balaban J connectivity index is 3.07. The molecule has 19 heavy (non-hydrogen) atoms. The highest BCUT2D eigenvalue weighted by molar-refractivity contribution is 5.89. The summed E-state index contributed by atoms with van der Waals surface area (Å²) in [5, 5.41) is 11.6. The minimum Gasteiger partial charge on any atom is -0.478 e. The number of carboxylic acid groups (broad SMARTS) is 1. The number of halogens is 3. The zero-order valence-corrected chi connectivity index (χ0v) is 9.99. The maximum Gasteiger partial charge on any atom is 0.573 e. The van der Waals surface area contributed by atoms with Crippen LogP contribution in [-0.2, 0) is 0 Å². The fourth-order valence-electron chi connectivity index (χ4n) is 1.35. The Labute approximate surface area is 107 Å². The molecule has 2 N–H and O–H groups in total. The fraction of sp³-hybridized carbons (Fsp3) is 0.250. The summed E-state index contributed by atoms with van der Waals surface area (Å²) in [7, 11) is 1.70. The summed E-state index contributed by atoms with van der Waals surface area (Å²) in [6, 6.07) is 3.20. The molecule has 1 rings (SSSR count).